The number of benzene rings is 2. The number of nitrogens with zero attached hydrogens (tertiary/aromatic N) is 2. The summed E-state index contributed by atoms with van der Waals surface area (Å²) in [6.07, 6.45) is 0.301. The maximum absolute atomic E-state index is 13.1. The van der Waals surface area contributed by atoms with E-state index in [1.807, 2.05) is 42.3 Å². The summed E-state index contributed by atoms with van der Waals surface area (Å²) in [5.41, 5.74) is 1.21. The summed E-state index contributed by atoms with van der Waals surface area (Å²) >= 11 is 0. The molecule has 0 unspecified atom stereocenters. The first kappa shape index (κ1) is 21.4. The van der Waals surface area contributed by atoms with Gasteiger partial charge >= 0.3 is 0 Å². The van der Waals surface area contributed by atoms with Crippen LogP contribution in [0.15, 0.2) is 54.6 Å². The van der Waals surface area contributed by atoms with Gasteiger partial charge in [0.25, 0.3) is 0 Å². The molecule has 1 fully saturated rings. The van der Waals surface area contributed by atoms with Gasteiger partial charge in [-0.1, -0.05) is 42.5 Å². The lowest BCUT2D eigenvalue weighted by atomic mass is 9.73. The second kappa shape index (κ2) is 9.48. The lowest BCUT2D eigenvalue weighted by Crippen LogP contribution is -2.57. The molecule has 1 aliphatic rings. The molecule has 156 valence electrons. The van der Waals surface area contributed by atoms with Gasteiger partial charge in [-0.05, 0) is 43.1 Å². The Labute approximate surface area is 171 Å². The van der Waals surface area contributed by atoms with Crippen LogP contribution in [0.5, 0.6) is 0 Å². The monoisotopic (exact) mass is 400 g/mol. The molecule has 0 aliphatic carbocycles. The minimum atomic E-state index is -0.759. The summed E-state index contributed by atoms with van der Waals surface area (Å²) in [5.74, 6) is -0.314. The minimum Gasteiger partial charge on any atom is -0.396 e. The third kappa shape index (κ3) is 5.41. The first-order chi connectivity index (χ1) is 13.9. The van der Waals surface area contributed by atoms with Gasteiger partial charge in [0.2, 0.25) is 5.91 Å². The molecule has 2 aromatic carbocycles. The van der Waals surface area contributed by atoms with Crippen LogP contribution in [0, 0.1) is 11.2 Å². The molecule has 0 radical (unpaired) electrons. The third-order valence-electron chi connectivity index (χ3n) is 5.72. The highest BCUT2D eigenvalue weighted by atomic mass is 19.1. The van der Waals surface area contributed by atoms with Crippen LogP contribution in [0.2, 0.25) is 0 Å². The minimum absolute atomic E-state index is 0.0348. The molecule has 2 atom stereocenters. The Morgan fingerprint density at radius 2 is 1.86 bits per heavy atom. The summed E-state index contributed by atoms with van der Waals surface area (Å²) < 4.78 is 13.1. The van der Waals surface area contributed by atoms with E-state index in [0.29, 0.717) is 32.5 Å². The number of aliphatic hydroxyl groups excluding tert-OH is 2. The summed E-state index contributed by atoms with van der Waals surface area (Å²) in [6.45, 7) is 1.37. The van der Waals surface area contributed by atoms with E-state index >= 15 is 0 Å². The molecule has 0 aromatic heterocycles. The molecule has 1 aliphatic heterocycles. The molecule has 5 nitrogen and oxygen atoms in total. The molecular formula is C23H29FN2O3. The van der Waals surface area contributed by atoms with Crippen molar-refractivity contribution in [2.45, 2.75) is 25.5 Å². The number of likely N-dealkylation sites (N-methyl/N-ethyl adjacent to an activating group) is 1. The van der Waals surface area contributed by atoms with Crippen molar-refractivity contribution in [1.82, 2.24) is 9.80 Å². The van der Waals surface area contributed by atoms with Crippen LogP contribution in [0.3, 0.4) is 0 Å². The molecule has 6 heteroatoms. The number of halogens is 1. The Morgan fingerprint density at radius 3 is 2.52 bits per heavy atom. The van der Waals surface area contributed by atoms with Crippen molar-refractivity contribution in [3.8, 4) is 0 Å². The zero-order valence-electron chi connectivity index (χ0n) is 16.8. The van der Waals surface area contributed by atoms with E-state index in [1.165, 1.54) is 12.1 Å². The molecule has 2 aromatic rings. The Balaban J connectivity index is 1.63. The number of hydrogen-bond acceptors (Lipinski definition) is 4. The maximum Gasteiger partial charge on any atom is 0.236 e. The lowest BCUT2D eigenvalue weighted by molar-refractivity contribution is -0.142. The number of hydrogen-bond donors (Lipinski definition) is 2. The molecule has 1 heterocycles. The first-order valence-corrected chi connectivity index (χ1v) is 9.95. The van der Waals surface area contributed by atoms with Crippen molar-refractivity contribution in [3.05, 3.63) is 71.5 Å². The Kier molecular flexibility index (Phi) is 7.00. The molecule has 29 heavy (non-hydrogen) atoms. The molecule has 0 spiro atoms. The van der Waals surface area contributed by atoms with Gasteiger partial charge in [-0.25, -0.2) is 4.39 Å². The van der Waals surface area contributed by atoms with Crippen LogP contribution in [0.25, 0.3) is 0 Å². The number of carbonyl (C=O) groups is 1. The molecule has 2 N–H and O–H groups in total. The van der Waals surface area contributed by atoms with Crippen molar-refractivity contribution >= 4 is 5.91 Å². The Bertz CT molecular complexity index is 800. The highest BCUT2D eigenvalue weighted by molar-refractivity contribution is 5.78. The van der Waals surface area contributed by atoms with Gasteiger partial charge < -0.3 is 15.1 Å². The molecule has 0 bridgehead atoms. The van der Waals surface area contributed by atoms with E-state index in [9.17, 15) is 19.4 Å². The van der Waals surface area contributed by atoms with Gasteiger partial charge in [-0.2, -0.15) is 0 Å². The SMILES string of the molecule is CN(CC(=O)N1CC[C@H](O)[C@](CO)(Cc2ccccc2)C1)Cc1ccc(F)cc1. The number of amides is 1. The fourth-order valence-corrected chi connectivity index (χ4v) is 4.04. The highest BCUT2D eigenvalue weighted by Crippen LogP contribution is 2.34. The number of likely N-dealkylation sites (tertiary alicyclic amines) is 1. The largest absolute Gasteiger partial charge is 0.396 e. The molecule has 1 saturated heterocycles. The van der Waals surface area contributed by atoms with Gasteiger partial charge in [-0.15, -0.1) is 0 Å². The standard InChI is InChI=1S/C23H29FN2O3/c1-25(14-19-7-9-20(24)10-8-19)15-22(29)26-12-11-21(28)23(16-26,17-27)13-18-5-3-2-4-6-18/h2-10,21,27-28H,11-17H2,1H3/t21-,23+/m0/s1. The molecular weight excluding hydrogens is 371 g/mol. The van der Waals surface area contributed by atoms with Gasteiger partial charge in [0, 0.05) is 25.0 Å². The van der Waals surface area contributed by atoms with Crippen molar-refractivity contribution in [2.75, 3.05) is 33.3 Å². The topological polar surface area (TPSA) is 64.0 Å². The second-order valence-electron chi connectivity index (χ2n) is 8.10. The normalized spacial score (nSPS) is 22.1. The van der Waals surface area contributed by atoms with Gasteiger partial charge in [0.1, 0.15) is 5.82 Å². The van der Waals surface area contributed by atoms with Crippen LogP contribution >= 0.6 is 0 Å². The van der Waals surface area contributed by atoms with E-state index < -0.39 is 11.5 Å². The fourth-order valence-electron chi connectivity index (χ4n) is 4.04. The summed E-state index contributed by atoms with van der Waals surface area (Å²) in [7, 11) is 1.85. The van der Waals surface area contributed by atoms with E-state index in [2.05, 4.69) is 0 Å². The number of aliphatic hydroxyl groups is 2. The summed E-state index contributed by atoms with van der Waals surface area (Å²) in [5, 5.41) is 20.8. The molecule has 0 saturated carbocycles. The first-order valence-electron chi connectivity index (χ1n) is 9.95. The summed E-state index contributed by atoms with van der Waals surface area (Å²) in [4.78, 5) is 16.5. The zero-order chi connectivity index (χ0) is 20.9. The van der Waals surface area contributed by atoms with Gasteiger partial charge in [-0.3, -0.25) is 9.69 Å². The van der Waals surface area contributed by atoms with Crippen molar-refractivity contribution in [3.63, 3.8) is 0 Å². The van der Waals surface area contributed by atoms with Crippen molar-refractivity contribution < 1.29 is 19.4 Å². The van der Waals surface area contributed by atoms with Crippen molar-refractivity contribution in [1.29, 1.82) is 0 Å². The van der Waals surface area contributed by atoms with Crippen LogP contribution in [-0.4, -0.2) is 65.3 Å². The zero-order valence-corrected chi connectivity index (χ0v) is 16.8. The van der Waals surface area contributed by atoms with Crippen LogP contribution in [0.1, 0.15) is 17.5 Å². The van der Waals surface area contributed by atoms with Crippen molar-refractivity contribution in [2.24, 2.45) is 5.41 Å². The van der Waals surface area contributed by atoms with Gasteiger partial charge in [0.15, 0.2) is 0 Å². The predicted octanol–water partition coefficient (Wildman–Crippen LogP) is 2.07. The van der Waals surface area contributed by atoms with Crippen LogP contribution in [0.4, 0.5) is 4.39 Å². The Morgan fingerprint density at radius 1 is 1.17 bits per heavy atom. The number of carbonyl (C=O) groups excluding carboxylic acids is 1. The van der Waals surface area contributed by atoms with E-state index in [1.54, 1.807) is 17.0 Å². The lowest BCUT2D eigenvalue weighted by Gasteiger charge is -2.45. The van der Waals surface area contributed by atoms with E-state index in [0.717, 1.165) is 11.1 Å². The van der Waals surface area contributed by atoms with Crippen LogP contribution < -0.4 is 0 Å². The quantitative estimate of drug-likeness (QED) is 0.747. The maximum atomic E-state index is 13.1. The molecule has 1 amide bonds. The molecule has 3 rings (SSSR count). The number of piperidine rings is 1. The average molecular weight is 400 g/mol. The van der Waals surface area contributed by atoms with Crippen LogP contribution in [-0.2, 0) is 17.8 Å². The average Bonchev–Trinajstić information content (AvgIpc) is 2.72. The van der Waals surface area contributed by atoms with E-state index in [4.69, 9.17) is 0 Å². The number of rotatable bonds is 7. The summed E-state index contributed by atoms with van der Waals surface area (Å²) in [6, 6.07) is 16.0. The fraction of sp³-hybridized carbons (Fsp3) is 0.435. The van der Waals surface area contributed by atoms with Gasteiger partial charge in [0.05, 0.1) is 19.3 Å². The smallest absolute Gasteiger partial charge is 0.236 e. The second-order valence-corrected chi connectivity index (χ2v) is 8.10. The Hall–Kier alpha value is -2.28. The third-order valence-corrected chi connectivity index (χ3v) is 5.72. The van der Waals surface area contributed by atoms with E-state index in [-0.39, 0.29) is 24.9 Å². The highest BCUT2D eigenvalue weighted by Gasteiger charge is 2.43. The predicted molar refractivity (Wildman–Crippen MR) is 110 cm³/mol.